The van der Waals surface area contributed by atoms with Crippen LogP contribution in [0.5, 0.6) is 11.5 Å². The van der Waals surface area contributed by atoms with Crippen molar-refractivity contribution in [2.45, 2.75) is 13.0 Å². The second-order valence-corrected chi connectivity index (χ2v) is 4.50. The van der Waals surface area contributed by atoms with Gasteiger partial charge in [0, 0.05) is 10.6 Å². The summed E-state index contributed by atoms with van der Waals surface area (Å²) in [5.74, 6) is -0.502. The summed E-state index contributed by atoms with van der Waals surface area (Å²) in [4.78, 5) is 0. The molecule has 0 aromatic heterocycles. The van der Waals surface area contributed by atoms with Crippen molar-refractivity contribution in [1.82, 2.24) is 0 Å². The van der Waals surface area contributed by atoms with Crippen molar-refractivity contribution in [3.63, 3.8) is 0 Å². The molecule has 0 heterocycles. The normalized spacial score (nSPS) is 11.6. The minimum Gasteiger partial charge on any atom is -0.435 e. The van der Waals surface area contributed by atoms with Gasteiger partial charge < -0.3 is 9.47 Å². The van der Waals surface area contributed by atoms with E-state index in [-0.39, 0.29) is 10.8 Å². The van der Waals surface area contributed by atoms with Crippen molar-refractivity contribution in [1.29, 1.82) is 0 Å². The Morgan fingerprint density at radius 1 is 0.909 bits per heavy atom. The van der Waals surface area contributed by atoms with E-state index >= 15 is 0 Å². The van der Waals surface area contributed by atoms with Crippen molar-refractivity contribution in [2.24, 2.45) is 0 Å². The van der Waals surface area contributed by atoms with E-state index in [1.807, 2.05) is 0 Å². The molecule has 0 bridgehead atoms. The van der Waals surface area contributed by atoms with E-state index in [9.17, 15) is 22.0 Å². The molecule has 0 unspecified atom stereocenters. The zero-order chi connectivity index (χ0) is 16.3. The number of halogens is 6. The number of rotatable bonds is 4. The van der Waals surface area contributed by atoms with Crippen LogP contribution in [0.3, 0.4) is 0 Å². The quantitative estimate of drug-likeness (QED) is 0.685. The number of alkyl halides is 5. The SMILES string of the molecule is FC(F)Oc1ccc(Cl)c(-c2ccc(OC(F)(F)F)cc2)c1. The zero-order valence-corrected chi connectivity index (χ0v) is 11.5. The molecular weight excluding hydrogens is 331 g/mol. The fraction of sp³-hybridized carbons (Fsp3) is 0.143. The summed E-state index contributed by atoms with van der Waals surface area (Å²) in [6.07, 6.45) is -4.79. The van der Waals surface area contributed by atoms with Crippen LogP contribution in [0.1, 0.15) is 0 Å². The Kier molecular flexibility index (Phi) is 4.75. The maximum atomic E-state index is 12.2. The molecule has 0 aliphatic heterocycles. The molecule has 2 aromatic carbocycles. The fourth-order valence-corrected chi connectivity index (χ4v) is 1.96. The number of hydrogen-bond acceptors (Lipinski definition) is 2. The lowest BCUT2D eigenvalue weighted by molar-refractivity contribution is -0.274. The van der Waals surface area contributed by atoms with Gasteiger partial charge in [-0.2, -0.15) is 8.78 Å². The molecule has 0 spiro atoms. The summed E-state index contributed by atoms with van der Waals surface area (Å²) in [5, 5.41) is 0.242. The van der Waals surface area contributed by atoms with Crippen LogP contribution in [-0.2, 0) is 0 Å². The summed E-state index contributed by atoms with van der Waals surface area (Å²) < 4.78 is 68.6. The van der Waals surface area contributed by atoms with E-state index in [0.29, 0.717) is 11.1 Å². The van der Waals surface area contributed by atoms with Gasteiger partial charge in [0.05, 0.1) is 0 Å². The lowest BCUT2D eigenvalue weighted by Gasteiger charge is -2.11. The molecule has 8 heteroatoms. The topological polar surface area (TPSA) is 18.5 Å². The van der Waals surface area contributed by atoms with Crippen molar-refractivity contribution < 1.29 is 31.4 Å². The van der Waals surface area contributed by atoms with Crippen molar-refractivity contribution >= 4 is 11.6 Å². The fourth-order valence-electron chi connectivity index (χ4n) is 1.74. The molecular formula is C14H8ClF5O2. The third-order valence-corrected chi connectivity index (χ3v) is 2.89. The standard InChI is InChI=1S/C14H8ClF5O2/c15-12-6-5-10(21-13(16)17)7-11(12)8-1-3-9(4-2-8)22-14(18,19)20/h1-7,13H. The predicted octanol–water partition coefficient (Wildman–Crippen LogP) is 5.51. The lowest BCUT2D eigenvalue weighted by atomic mass is 10.1. The monoisotopic (exact) mass is 338 g/mol. The van der Waals surface area contributed by atoms with Gasteiger partial charge in [-0.1, -0.05) is 23.7 Å². The van der Waals surface area contributed by atoms with Gasteiger partial charge >= 0.3 is 13.0 Å². The van der Waals surface area contributed by atoms with Crippen LogP contribution in [0.2, 0.25) is 5.02 Å². The number of ether oxygens (including phenoxy) is 2. The Bertz CT molecular complexity index is 641. The van der Waals surface area contributed by atoms with Crippen LogP contribution in [-0.4, -0.2) is 13.0 Å². The summed E-state index contributed by atoms with van der Waals surface area (Å²) in [7, 11) is 0. The second-order valence-electron chi connectivity index (χ2n) is 4.09. The zero-order valence-electron chi connectivity index (χ0n) is 10.7. The molecule has 22 heavy (non-hydrogen) atoms. The molecule has 2 aromatic rings. The lowest BCUT2D eigenvalue weighted by Crippen LogP contribution is -2.16. The van der Waals surface area contributed by atoms with Gasteiger partial charge in [-0.15, -0.1) is 13.2 Å². The van der Waals surface area contributed by atoms with Gasteiger partial charge in [0.1, 0.15) is 11.5 Å². The highest BCUT2D eigenvalue weighted by Gasteiger charge is 2.30. The van der Waals surface area contributed by atoms with Crippen LogP contribution < -0.4 is 9.47 Å². The molecule has 0 amide bonds. The largest absolute Gasteiger partial charge is 0.573 e. The van der Waals surface area contributed by atoms with Gasteiger partial charge in [0.25, 0.3) is 0 Å². The maximum Gasteiger partial charge on any atom is 0.573 e. The molecule has 0 atom stereocenters. The highest BCUT2D eigenvalue weighted by Crippen LogP contribution is 2.33. The summed E-state index contributed by atoms with van der Waals surface area (Å²) in [5.41, 5.74) is 0.776. The molecule has 0 N–H and O–H groups in total. The predicted molar refractivity (Wildman–Crippen MR) is 70.2 cm³/mol. The minimum absolute atomic E-state index is 0.106. The maximum absolute atomic E-state index is 12.2. The molecule has 2 rings (SSSR count). The van der Waals surface area contributed by atoms with Crippen LogP contribution in [0.15, 0.2) is 42.5 Å². The first-order valence-corrected chi connectivity index (χ1v) is 6.23. The third kappa shape index (κ3) is 4.49. The van der Waals surface area contributed by atoms with Gasteiger partial charge in [0.2, 0.25) is 0 Å². The van der Waals surface area contributed by atoms with E-state index in [0.717, 1.165) is 12.1 Å². The first-order valence-electron chi connectivity index (χ1n) is 5.85. The van der Waals surface area contributed by atoms with E-state index < -0.39 is 18.7 Å². The minimum atomic E-state index is -4.79. The van der Waals surface area contributed by atoms with Gasteiger partial charge in [-0.25, -0.2) is 0 Å². The summed E-state index contributed by atoms with van der Waals surface area (Å²) >= 11 is 5.96. The number of hydrogen-bond donors (Lipinski definition) is 0. The van der Waals surface area contributed by atoms with Crippen molar-refractivity contribution in [3.05, 3.63) is 47.5 Å². The Balaban J connectivity index is 2.27. The molecule has 0 fully saturated rings. The van der Waals surface area contributed by atoms with E-state index in [4.69, 9.17) is 11.6 Å². The first-order chi connectivity index (χ1) is 10.2. The van der Waals surface area contributed by atoms with Crippen molar-refractivity contribution in [3.8, 4) is 22.6 Å². The van der Waals surface area contributed by atoms with Crippen molar-refractivity contribution in [2.75, 3.05) is 0 Å². The molecule has 2 nitrogen and oxygen atoms in total. The molecule has 0 radical (unpaired) electrons. The van der Waals surface area contributed by atoms with E-state index in [2.05, 4.69) is 9.47 Å². The molecule has 0 saturated carbocycles. The Morgan fingerprint density at radius 3 is 2.05 bits per heavy atom. The highest BCUT2D eigenvalue weighted by molar-refractivity contribution is 6.33. The second kappa shape index (κ2) is 6.39. The van der Waals surface area contributed by atoms with Crippen LogP contribution in [0, 0.1) is 0 Å². The van der Waals surface area contributed by atoms with Gasteiger partial charge in [-0.3, -0.25) is 0 Å². The Morgan fingerprint density at radius 2 is 1.50 bits per heavy atom. The van der Waals surface area contributed by atoms with Crippen LogP contribution in [0.25, 0.3) is 11.1 Å². The Labute approximate surface area is 127 Å². The van der Waals surface area contributed by atoms with Gasteiger partial charge in [-0.05, 0) is 35.9 Å². The number of benzene rings is 2. The average molecular weight is 339 g/mol. The van der Waals surface area contributed by atoms with Crippen LogP contribution >= 0.6 is 11.6 Å². The van der Waals surface area contributed by atoms with Crippen LogP contribution in [0.4, 0.5) is 22.0 Å². The summed E-state index contributed by atoms with van der Waals surface area (Å²) in [6, 6.07) is 8.74. The molecule has 0 aliphatic rings. The van der Waals surface area contributed by atoms with Gasteiger partial charge in [0.15, 0.2) is 0 Å². The van der Waals surface area contributed by atoms with E-state index in [1.165, 1.54) is 30.3 Å². The average Bonchev–Trinajstić information content (AvgIpc) is 2.40. The molecule has 118 valence electrons. The third-order valence-electron chi connectivity index (χ3n) is 2.56. The molecule has 0 aliphatic carbocycles. The summed E-state index contributed by atoms with van der Waals surface area (Å²) in [6.45, 7) is -2.99. The Hall–Kier alpha value is -2.02. The highest BCUT2D eigenvalue weighted by atomic mass is 35.5. The van der Waals surface area contributed by atoms with E-state index in [1.54, 1.807) is 0 Å². The smallest absolute Gasteiger partial charge is 0.435 e. The molecule has 0 saturated heterocycles. The first kappa shape index (κ1) is 16.4.